The molecule has 4 rings (SSSR count). The van der Waals surface area contributed by atoms with E-state index in [1.54, 1.807) is 4.31 Å². The molecule has 2 saturated carbocycles. The second-order valence-electron chi connectivity index (χ2n) is 9.80. The maximum absolute atomic E-state index is 13.4. The minimum atomic E-state index is -3.63. The van der Waals surface area contributed by atoms with Crippen LogP contribution in [-0.2, 0) is 14.8 Å². The van der Waals surface area contributed by atoms with E-state index in [1.165, 1.54) is 18.3 Å². The summed E-state index contributed by atoms with van der Waals surface area (Å²) >= 11 is 5.86. The molecule has 0 spiro atoms. The summed E-state index contributed by atoms with van der Waals surface area (Å²) in [6.07, 6.45) is 6.49. The Morgan fingerprint density at radius 2 is 1.75 bits per heavy atom. The van der Waals surface area contributed by atoms with Gasteiger partial charge < -0.3 is 4.90 Å². The SMILES string of the molecule is CC(C)N1CCN(C(=O)C2CCC(N(CC3CC3)S(=O)(=O)c3ccc(Cl)nc3)CC2)CC1. The van der Waals surface area contributed by atoms with Gasteiger partial charge in [0, 0.05) is 56.9 Å². The molecule has 7 nitrogen and oxygen atoms in total. The van der Waals surface area contributed by atoms with Gasteiger partial charge in [0.15, 0.2) is 0 Å². The van der Waals surface area contributed by atoms with Crippen molar-refractivity contribution in [2.24, 2.45) is 11.8 Å². The van der Waals surface area contributed by atoms with Crippen LogP contribution in [0.3, 0.4) is 0 Å². The molecule has 2 aliphatic carbocycles. The molecule has 0 aromatic carbocycles. The quantitative estimate of drug-likeness (QED) is 0.558. The van der Waals surface area contributed by atoms with E-state index in [9.17, 15) is 13.2 Å². The topological polar surface area (TPSA) is 73.8 Å². The largest absolute Gasteiger partial charge is 0.340 e. The highest BCUT2D eigenvalue weighted by Crippen LogP contribution is 2.37. The third-order valence-corrected chi connectivity index (χ3v) is 9.38. The molecule has 2 heterocycles. The Morgan fingerprint density at radius 3 is 2.28 bits per heavy atom. The van der Waals surface area contributed by atoms with Gasteiger partial charge in [-0.1, -0.05) is 11.6 Å². The van der Waals surface area contributed by atoms with E-state index < -0.39 is 10.0 Å². The van der Waals surface area contributed by atoms with Gasteiger partial charge in [0.2, 0.25) is 15.9 Å². The number of hydrogen-bond donors (Lipinski definition) is 0. The Kier molecular flexibility index (Phi) is 7.44. The van der Waals surface area contributed by atoms with Crippen molar-refractivity contribution < 1.29 is 13.2 Å². The number of halogens is 1. The van der Waals surface area contributed by atoms with Crippen LogP contribution in [0.2, 0.25) is 5.15 Å². The molecule has 0 bridgehead atoms. The Balaban J connectivity index is 1.38. The van der Waals surface area contributed by atoms with Crippen LogP contribution in [0.25, 0.3) is 0 Å². The summed E-state index contributed by atoms with van der Waals surface area (Å²) in [7, 11) is -3.63. The van der Waals surface area contributed by atoms with Gasteiger partial charge in [0.05, 0.1) is 0 Å². The fraction of sp³-hybridized carbons (Fsp3) is 0.739. The fourth-order valence-electron chi connectivity index (χ4n) is 4.98. The standard InChI is InChI=1S/C23H35ClN4O3S/c1-17(2)26-11-13-27(14-12-26)23(29)19-5-7-20(8-6-19)28(16-18-3-4-18)32(30,31)21-9-10-22(24)25-15-21/h9-10,15,17-20H,3-8,11-14,16H2,1-2H3. The molecule has 0 radical (unpaired) electrons. The Labute approximate surface area is 197 Å². The number of rotatable bonds is 7. The van der Waals surface area contributed by atoms with Crippen LogP contribution in [-0.4, -0.2) is 78.2 Å². The van der Waals surface area contributed by atoms with Crippen molar-refractivity contribution in [1.29, 1.82) is 0 Å². The van der Waals surface area contributed by atoms with Crippen LogP contribution in [0.1, 0.15) is 52.4 Å². The Hall–Kier alpha value is -1.22. The molecule has 1 aliphatic heterocycles. The first kappa shape index (κ1) is 23.9. The number of carbonyl (C=O) groups excluding carboxylic acids is 1. The molecule has 0 atom stereocenters. The number of carbonyl (C=O) groups is 1. The van der Waals surface area contributed by atoms with Gasteiger partial charge in [-0.3, -0.25) is 9.69 Å². The second-order valence-corrected chi connectivity index (χ2v) is 12.1. The van der Waals surface area contributed by atoms with Gasteiger partial charge in [0.1, 0.15) is 10.0 Å². The first-order valence-electron chi connectivity index (χ1n) is 11.9. The lowest BCUT2D eigenvalue weighted by Gasteiger charge is -2.40. The summed E-state index contributed by atoms with van der Waals surface area (Å²) in [4.78, 5) is 21.7. The van der Waals surface area contributed by atoms with Crippen LogP contribution in [0.15, 0.2) is 23.2 Å². The molecule has 1 saturated heterocycles. The maximum Gasteiger partial charge on any atom is 0.244 e. The molecule has 1 amide bonds. The normalized spacial score (nSPS) is 25.5. The zero-order chi connectivity index (χ0) is 22.9. The lowest BCUT2D eigenvalue weighted by atomic mass is 9.85. The van der Waals surface area contributed by atoms with Crippen LogP contribution in [0.4, 0.5) is 0 Å². The van der Waals surface area contributed by atoms with E-state index >= 15 is 0 Å². The van der Waals surface area contributed by atoms with Crippen molar-refractivity contribution in [3.05, 3.63) is 23.5 Å². The van der Waals surface area contributed by atoms with E-state index in [4.69, 9.17) is 11.6 Å². The van der Waals surface area contributed by atoms with Crippen molar-refractivity contribution >= 4 is 27.5 Å². The molecule has 178 valence electrons. The summed E-state index contributed by atoms with van der Waals surface area (Å²) in [5, 5.41) is 0.283. The van der Waals surface area contributed by atoms with Gasteiger partial charge in [-0.05, 0) is 70.4 Å². The molecule has 3 aliphatic rings. The van der Waals surface area contributed by atoms with E-state index in [0.29, 0.717) is 18.5 Å². The number of sulfonamides is 1. The Morgan fingerprint density at radius 1 is 1.09 bits per heavy atom. The van der Waals surface area contributed by atoms with E-state index in [2.05, 4.69) is 23.7 Å². The number of nitrogens with zero attached hydrogens (tertiary/aromatic N) is 4. The highest BCUT2D eigenvalue weighted by molar-refractivity contribution is 7.89. The van der Waals surface area contributed by atoms with Crippen LogP contribution >= 0.6 is 11.6 Å². The summed E-state index contributed by atoms with van der Waals surface area (Å²) in [5.74, 6) is 0.714. The molecular weight excluding hydrogens is 448 g/mol. The van der Waals surface area contributed by atoms with Crippen molar-refractivity contribution in [2.75, 3.05) is 32.7 Å². The third-order valence-electron chi connectivity index (χ3n) is 7.25. The highest BCUT2D eigenvalue weighted by atomic mass is 35.5. The van der Waals surface area contributed by atoms with Crippen molar-refractivity contribution in [3.8, 4) is 0 Å². The molecule has 0 N–H and O–H groups in total. The maximum atomic E-state index is 13.4. The molecule has 1 aromatic rings. The summed E-state index contributed by atoms with van der Waals surface area (Å²) < 4.78 is 28.5. The van der Waals surface area contributed by atoms with Crippen LogP contribution in [0.5, 0.6) is 0 Å². The molecule has 32 heavy (non-hydrogen) atoms. The zero-order valence-electron chi connectivity index (χ0n) is 19.1. The van der Waals surface area contributed by atoms with Crippen LogP contribution < -0.4 is 0 Å². The lowest BCUT2D eigenvalue weighted by molar-refractivity contribution is -0.138. The summed E-state index contributed by atoms with van der Waals surface area (Å²) in [6.45, 7) is 8.40. The van der Waals surface area contributed by atoms with E-state index in [-0.39, 0.29) is 27.9 Å². The van der Waals surface area contributed by atoms with Gasteiger partial charge in [-0.25, -0.2) is 13.4 Å². The summed E-state index contributed by atoms with van der Waals surface area (Å²) in [6, 6.07) is 3.52. The molecule has 0 unspecified atom stereocenters. The lowest BCUT2D eigenvalue weighted by Crippen LogP contribution is -2.52. The first-order valence-corrected chi connectivity index (χ1v) is 13.7. The van der Waals surface area contributed by atoms with E-state index in [1.807, 2.05) is 4.90 Å². The smallest absolute Gasteiger partial charge is 0.244 e. The molecule has 1 aromatic heterocycles. The molecular formula is C23H35ClN4O3S. The third kappa shape index (κ3) is 5.46. The van der Waals surface area contributed by atoms with Crippen molar-refractivity contribution in [3.63, 3.8) is 0 Å². The molecule has 3 fully saturated rings. The predicted molar refractivity (Wildman–Crippen MR) is 125 cm³/mol. The Bertz CT molecular complexity index is 888. The van der Waals surface area contributed by atoms with E-state index in [0.717, 1.165) is 64.7 Å². The van der Waals surface area contributed by atoms with Gasteiger partial charge >= 0.3 is 0 Å². The van der Waals surface area contributed by atoms with Gasteiger partial charge in [0.25, 0.3) is 0 Å². The average molecular weight is 483 g/mol. The summed E-state index contributed by atoms with van der Waals surface area (Å²) in [5.41, 5.74) is 0. The van der Waals surface area contributed by atoms with Gasteiger partial charge in [-0.15, -0.1) is 0 Å². The number of piperazine rings is 1. The van der Waals surface area contributed by atoms with Crippen molar-refractivity contribution in [2.45, 2.75) is 69.4 Å². The average Bonchev–Trinajstić information content (AvgIpc) is 3.62. The zero-order valence-corrected chi connectivity index (χ0v) is 20.7. The monoisotopic (exact) mass is 482 g/mol. The fourth-order valence-corrected chi connectivity index (χ4v) is 6.80. The molecule has 9 heteroatoms. The first-order chi connectivity index (χ1) is 15.3. The predicted octanol–water partition coefficient (Wildman–Crippen LogP) is 3.25. The second kappa shape index (κ2) is 9.95. The number of amides is 1. The number of hydrogen-bond acceptors (Lipinski definition) is 5. The van der Waals surface area contributed by atoms with Gasteiger partial charge in [-0.2, -0.15) is 4.31 Å². The van der Waals surface area contributed by atoms with Crippen molar-refractivity contribution in [1.82, 2.24) is 19.1 Å². The minimum absolute atomic E-state index is 0.0135. The number of aromatic nitrogens is 1. The minimum Gasteiger partial charge on any atom is -0.340 e. The highest BCUT2D eigenvalue weighted by Gasteiger charge is 2.40. The van der Waals surface area contributed by atoms with Crippen LogP contribution in [0, 0.1) is 11.8 Å². The number of pyridine rings is 1.